The normalized spacial score (nSPS) is 25.8. The van der Waals surface area contributed by atoms with Gasteiger partial charge in [0.05, 0.1) is 13.0 Å². The molecule has 5 atom stereocenters. The Labute approximate surface area is 181 Å². The average Bonchev–Trinajstić information content (AvgIpc) is 2.73. The number of amides is 1. The molecule has 2 aromatic rings. The fourth-order valence-corrected chi connectivity index (χ4v) is 3.66. The largest absolute Gasteiger partial charge is 0.462 e. The molecule has 1 aliphatic heterocycles. The van der Waals surface area contributed by atoms with E-state index in [0.29, 0.717) is 17.9 Å². The Hall–Kier alpha value is -2.49. The van der Waals surface area contributed by atoms with Gasteiger partial charge in [-0.2, -0.15) is 0 Å². The summed E-state index contributed by atoms with van der Waals surface area (Å²) in [6.45, 7) is 3.86. The number of carbonyl (C=O) groups excluding carboxylic acids is 1. The molecule has 3 rings (SSSR count). The maximum atomic E-state index is 12.5. The van der Waals surface area contributed by atoms with Crippen LogP contribution in [-0.2, 0) is 22.5 Å². The third-order valence-electron chi connectivity index (χ3n) is 5.19. The predicted octanol–water partition coefficient (Wildman–Crippen LogP) is 0.341. The van der Waals surface area contributed by atoms with Crippen LogP contribution in [0.1, 0.15) is 22.3 Å². The molecule has 1 saturated heterocycles. The Kier molecular flexibility index (Phi) is 7.64. The van der Waals surface area contributed by atoms with Crippen molar-refractivity contribution >= 4 is 5.91 Å². The number of nitrogens with one attached hydrogen (secondary N) is 1. The zero-order valence-electron chi connectivity index (χ0n) is 17.6. The number of aliphatic hydroxyl groups excluding tert-OH is 4. The highest BCUT2D eigenvalue weighted by Gasteiger charge is 2.44. The minimum absolute atomic E-state index is 0.0401. The van der Waals surface area contributed by atoms with E-state index in [2.05, 4.69) is 11.4 Å². The molecule has 168 valence electrons. The molecule has 5 N–H and O–H groups in total. The Bertz CT molecular complexity index is 881. The second-order valence-electron chi connectivity index (χ2n) is 7.87. The van der Waals surface area contributed by atoms with Crippen molar-refractivity contribution in [1.82, 2.24) is 5.32 Å². The van der Waals surface area contributed by atoms with E-state index in [1.54, 1.807) is 24.3 Å². The van der Waals surface area contributed by atoms with E-state index in [1.807, 2.05) is 26.0 Å². The van der Waals surface area contributed by atoms with E-state index in [0.717, 1.165) is 16.7 Å². The second-order valence-corrected chi connectivity index (χ2v) is 7.87. The van der Waals surface area contributed by atoms with E-state index in [4.69, 9.17) is 9.47 Å². The SMILES string of the molecule is Cc1cc(C)cc(CNC(=O)Cc2ccccc2OC2OC(CO)C(O)C(O)C2O)c1. The molecule has 8 nitrogen and oxygen atoms in total. The number of aliphatic hydroxyl groups is 4. The summed E-state index contributed by atoms with van der Waals surface area (Å²) in [6.07, 6.45) is -6.87. The number of carbonyl (C=O) groups is 1. The van der Waals surface area contributed by atoms with E-state index in [-0.39, 0.29) is 12.3 Å². The van der Waals surface area contributed by atoms with Crippen molar-refractivity contribution in [3.63, 3.8) is 0 Å². The van der Waals surface area contributed by atoms with Crippen LogP contribution in [0.3, 0.4) is 0 Å². The summed E-state index contributed by atoms with van der Waals surface area (Å²) in [5.41, 5.74) is 3.83. The molecule has 1 amide bonds. The average molecular weight is 431 g/mol. The molecule has 31 heavy (non-hydrogen) atoms. The maximum absolute atomic E-state index is 12.5. The molecule has 5 unspecified atom stereocenters. The summed E-state index contributed by atoms with van der Waals surface area (Å²) in [5, 5.41) is 42.2. The minimum atomic E-state index is -1.54. The lowest BCUT2D eigenvalue weighted by Gasteiger charge is -2.39. The zero-order chi connectivity index (χ0) is 22.5. The van der Waals surface area contributed by atoms with Crippen molar-refractivity contribution in [2.24, 2.45) is 0 Å². The number of aryl methyl sites for hydroxylation is 2. The van der Waals surface area contributed by atoms with Crippen molar-refractivity contribution in [1.29, 1.82) is 0 Å². The fraction of sp³-hybridized carbons (Fsp3) is 0.435. The van der Waals surface area contributed by atoms with E-state index < -0.39 is 37.3 Å². The summed E-state index contributed by atoms with van der Waals surface area (Å²) in [5.74, 6) is 0.0948. The predicted molar refractivity (Wildman–Crippen MR) is 112 cm³/mol. The molecule has 2 aromatic carbocycles. The molecule has 1 heterocycles. The molecule has 0 aliphatic carbocycles. The highest BCUT2D eigenvalue weighted by atomic mass is 16.7. The van der Waals surface area contributed by atoms with Crippen LogP contribution in [0.2, 0.25) is 0 Å². The molecule has 8 heteroatoms. The summed E-state index contributed by atoms with van der Waals surface area (Å²) in [6, 6.07) is 12.9. The van der Waals surface area contributed by atoms with Gasteiger partial charge in [-0.25, -0.2) is 0 Å². The van der Waals surface area contributed by atoms with Gasteiger partial charge in [0, 0.05) is 12.1 Å². The molecular weight excluding hydrogens is 402 g/mol. The monoisotopic (exact) mass is 431 g/mol. The first kappa shape index (κ1) is 23.2. The highest BCUT2D eigenvalue weighted by Crippen LogP contribution is 2.26. The van der Waals surface area contributed by atoms with Gasteiger partial charge >= 0.3 is 0 Å². The molecule has 0 bridgehead atoms. The lowest BCUT2D eigenvalue weighted by Crippen LogP contribution is -2.60. The topological polar surface area (TPSA) is 128 Å². The number of benzene rings is 2. The molecule has 1 fully saturated rings. The van der Waals surface area contributed by atoms with E-state index in [9.17, 15) is 25.2 Å². The molecule has 0 aromatic heterocycles. The van der Waals surface area contributed by atoms with Gasteiger partial charge in [-0.05, 0) is 25.5 Å². The third kappa shape index (κ3) is 5.81. The van der Waals surface area contributed by atoms with Gasteiger partial charge in [0.1, 0.15) is 30.2 Å². The van der Waals surface area contributed by atoms with Crippen molar-refractivity contribution in [3.8, 4) is 5.75 Å². The molecule has 0 spiro atoms. The van der Waals surface area contributed by atoms with Crippen LogP contribution in [0.15, 0.2) is 42.5 Å². The van der Waals surface area contributed by atoms with E-state index in [1.165, 1.54) is 0 Å². The van der Waals surface area contributed by atoms with Crippen molar-refractivity contribution < 1.29 is 34.7 Å². The van der Waals surface area contributed by atoms with Gasteiger partial charge < -0.3 is 35.2 Å². The summed E-state index contributed by atoms with van der Waals surface area (Å²) < 4.78 is 11.1. The first-order chi connectivity index (χ1) is 14.8. The second kappa shape index (κ2) is 10.2. The third-order valence-corrected chi connectivity index (χ3v) is 5.19. The number of ether oxygens (including phenoxy) is 2. The molecular formula is C23H29NO7. The van der Waals surface area contributed by atoms with Crippen LogP contribution >= 0.6 is 0 Å². The lowest BCUT2D eigenvalue weighted by molar-refractivity contribution is -0.277. The van der Waals surface area contributed by atoms with Gasteiger partial charge in [-0.1, -0.05) is 47.5 Å². The van der Waals surface area contributed by atoms with Crippen molar-refractivity contribution in [3.05, 3.63) is 64.7 Å². The first-order valence-electron chi connectivity index (χ1n) is 10.2. The van der Waals surface area contributed by atoms with Gasteiger partial charge in [-0.3, -0.25) is 4.79 Å². The van der Waals surface area contributed by atoms with Crippen molar-refractivity contribution in [2.75, 3.05) is 6.61 Å². The first-order valence-corrected chi connectivity index (χ1v) is 10.2. The Balaban J connectivity index is 1.65. The number of hydrogen-bond donors (Lipinski definition) is 5. The number of rotatable bonds is 7. The summed E-state index contributed by atoms with van der Waals surface area (Å²) >= 11 is 0. The van der Waals surface area contributed by atoms with Gasteiger partial charge in [0.2, 0.25) is 12.2 Å². The summed E-state index contributed by atoms with van der Waals surface area (Å²) in [4.78, 5) is 12.5. The van der Waals surface area contributed by atoms with Gasteiger partial charge in [0.15, 0.2) is 0 Å². The number of para-hydroxylation sites is 1. The minimum Gasteiger partial charge on any atom is -0.462 e. The standard InChI is InChI=1S/C23H29NO7/c1-13-7-14(2)9-15(8-13)11-24-19(26)10-16-5-3-4-6-17(16)30-23-22(29)21(28)20(27)18(12-25)31-23/h3-9,18,20-23,25,27-29H,10-12H2,1-2H3,(H,24,26). The molecule has 0 radical (unpaired) electrons. The van der Waals surface area contributed by atoms with Crippen LogP contribution in [0.5, 0.6) is 5.75 Å². The quantitative estimate of drug-likeness (QED) is 0.428. The fourth-order valence-electron chi connectivity index (χ4n) is 3.66. The highest BCUT2D eigenvalue weighted by molar-refractivity contribution is 5.79. The van der Waals surface area contributed by atoms with Gasteiger partial charge in [-0.15, -0.1) is 0 Å². The zero-order valence-corrected chi connectivity index (χ0v) is 17.6. The van der Waals surface area contributed by atoms with Crippen LogP contribution < -0.4 is 10.1 Å². The smallest absolute Gasteiger partial charge is 0.229 e. The Morgan fingerprint density at radius 3 is 2.39 bits per heavy atom. The number of hydrogen-bond acceptors (Lipinski definition) is 7. The summed E-state index contributed by atoms with van der Waals surface area (Å²) in [7, 11) is 0. The molecule has 0 saturated carbocycles. The van der Waals surface area contributed by atoms with Gasteiger partial charge in [0.25, 0.3) is 0 Å². The lowest BCUT2D eigenvalue weighted by atomic mass is 9.99. The van der Waals surface area contributed by atoms with Crippen molar-refractivity contribution in [2.45, 2.75) is 57.5 Å². The van der Waals surface area contributed by atoms with Crippen LogP contribution in [0.4, 0.5) is 0 Å². The maximum Gasteiger partial charge on any atom is 0.229 e. The Morgan fingerprint density at radius 1 is 1.03 bits per heavy atom. The van der Waals surface area contributed by atoms with Crippen LogP contribution in [0, 0.1) is 13.8 Å². The Morgan fingerprint density at radius 2 is 1.71 bits per heavy atom. The van der Waals surface area contributed by atoms with Crippen LogP contribution in [-0.4, -0.2) is 63.6 Å². The van der Waals surface area contributed by atoms with Crippen LogP contribution in [0.25, 0.3) is 0 Å². The van der Waals surface area contributed by atoms with E-state index >= 15 is 0 Å². The molecule has 1 aliphatic rings.